The average Bonchev–Trinajstić information content (AvgIpc) is 3.26. The molecule has 1 aromatic heterocycles. The topological polar surface area (TPSA) is 69.3 Å². The lowest BCUT2D eigenvalue weighted by Crippen LogP contribution is -2.54. The van der Waals surface area contributed by atoms with Crippen molar-refractivity contribution in [3.05, 3.63) is 64.3 Å². The Kier molecular flexibility index (Phi) is 6.72. The zero-order valence-electron chi connectivity index (χ0n) is 21.3. The van der Waals surface area contributed by atoms with Crippen LogP contribution in [0.4, 0.5) is 0 Å². The zero-order chi connectivity index (χ0) is 25.6. The van der Waals surface area contributed by atoms with E-state index in [2.05, 4.69) is 35.5 Å². The first-order valence-electron chi connectivity index (χ1n) is 13.0. The van der Waals surface area contributed by atoms with Gasteiger partial charge in [0.05, 0.1) is 23.7 Å². The largest absolute Gasteiger partial charge is 0.390 e. The summed E-state index contributed by atoms with van der Waals surface area (Å²) < 4.78 is 2.14. The van der Waals surface area contributed by atoms with Crippen LogP contribution in [0.3, 0.4) is 0 Å². The smallest absolute Gasteiger partial charge is 0.179 e. The van der Waals surface area contributed by atoms with Gasteiger partial charge >= 0.3 is 0 Å². The molecule has 2 aromatic carbocycles. The predicted molar refractivity (Wildman–Crippen MR) is 144 cm³/mol. The Morgan fingerprint density at radius 1 is 1.17 bits per heavy atom. The molecule has 0 saturated carbocycles. The zero-order valence-corrected chi connectivity index (χ0v) is 22.1. The third-order valence-corrected chi connectivity index (χ3v) is 8.76. The van der Waals surface area contributed by atoms with E-state index in [0.717, 1.165) is 59.1 Å². The summed E-state index contributed by atoms with van der Waals surface area (Å²) in [6.07, 6.45) is 4.70. The highest BCUT2D eigenvalue weighted by Gasteiger charge is 2.49. The van der Waals surface area contributed by atoms with E-state index in [1.807, 2.05) is 43.3 Å². The number of benzene rings is 2. The van der Waals surface area contributed by atoms with Gasteiger partial charge in [-0.05, 0) is 80.8 Å². The van der Waals surface area contributed by atoms with E-state index in [1.165, 1.54) is 0 Å². The van der Waals surface area contributed by atoms with Gasteiger partial charge in [0.1, 0.15) is 0 Å². The summed E-state index contributed by atoms with van der Waals surface area (Å²) in [6.45, 7) is 6.58. The Bertz CT molecular complexity index is 1320. The number of Topliss-reactive ketones (excluding diaryl/α,β-unsaturated/α-hetero) is 1. The van der Waals surface area contributed by atoms with Crippen LogP contribution in [-0.2, 0) is 6.42 Å². The fourth-order valence-electron chi connectivity index (χ4n) is 6.42. The van der Waals surface area contributed by atoms with Gasteiger partial charge in [0.25, 0.3) is 0 Å². The summed E-state index contributed by atoms with van der Waals surface area (Å²) in [6, 6.07) is 16.6. The van der Waals surface area contributed by atoms with E-state index in [-0.39, 0.29) is 23.8 Å². The van der Waals surface area contributed by atoms with Crippen LogP contribution in [-0.4, -0.2) is 44.6 Å². The van der Waals surface area contributed by atoms with E-state index in [9.17, 15) is 9.90 Å². The number of hydrogen-bond acceptors (Lipinski definition) is 4. The molecule has 6 heteroatoms. The average molecular weight is 504 g/mol. The summed E-state index contributed by atoms with van der Waals surface area (Å²) >= 11 is 6.16. The number of nitrogens with zero attached hydrogens (tertiary/aromatic N) is 3. The number of rotatable bonds is 7. The standard InChI is InChI=1S/C30H34ClN3O2/c1-19(2)30(36)16-24-11-12-25(17-30)33(24)18-28(35)29-20(3)34(23-9-7-22(31)8-10-23)27-15-21(5-4-14-32)6-13-26(27)29/h6-10,13,15,19,24-25,36H,4-5,11-12,16-18H2,1-3H3. The van der Waals surface area contributed by atoms with Crippen LogP contribution in [0.25, 0.3) is 16.6 Å². The van der Waals surface area contributed by atoms with E-state index < -0.39 is 5.60 Å². The molecule has 36 heavy (non-hydrogen) atoms. The molecule has 2 aliphatic rings. The van der Waals surface area contributed by atoms with Crippen LogP contribution in [0.5, 0.6) is 0 Å². The Hall–Kier alpha value is -2.65. The summed E-state index contributed by atoms with van der Waals surface area (Å²) in [7, 11) is 0. The molecule has 2 atom stereocenters. The van der Waals surface area contributed by atoms with Crippen molar-refractivity contribution < 1.29 is 9.90 Å². The Morgan fingerprint density at radius 3 is 2.44 bits per heavy atom. The predicted octanol–water partition coefficient (Wildman–Crippen LogP) is 6.25. The molecule has 2 aliphatic heterocycles. The van der Waals surface area contributed by atoms with Crippen molar-refractivity contribution >= 4 is 28.3 Å². The molecule has 0 aliphatic carbocycles. The van der Waals surface area contributed by atoms with Crippen molar-refractivity contribution in [3.8, 4) is 11.8 Å². The third kappa shape index (κ3) is 4.36. The fraction of sp³-hybridized carbons (Fsp3) is 0.467. The van der Waals surface area contributed by atoms with Crippen LogP contribution in [0.1, 0.15) is 67.6 Å². The number of nitriles is 1. The lowest BCUT2D eigenvalue weighted by molar-refractivity contribution is -0.0801. The monoisotopic (exact) mass is 503 g/mol. The van der Waals surface area contributed by atoms with Crippen LogP contribution < -0.4 is 0 Å². The van der Waals surface area contributed by atoms with Crippen LogP contribution in [0.15, 0.2) is 42.5 Å². The normalized spacial score (nSPS) is 23.9. The molecule has 2 unspecified atom stereocenters. The minimum absolute atomic E-state index is 0.127. The molecule has 2 fully saturated rings. The maximum Gasteiger partial charge on any atom is 0.179 e. The Morgan fingerprint density at radius 2 is 1.83 bits per heavy atom. The van der Waals surface area contributed by atoms with Gasteiger partial charge in [-0.25, -0.2) is 0 Å². The van der Waals surface area contributed by atoms with Gasteiger partial charge in [-0.3, -0.25) is 9.69 Å². The highest BCUT2D eigenvalue weighted by molar-refractivity contribution is 6.30. The first kappa shape index (κ1) is 25.0. The van der Waals surface area contributed by atoms with Crippen molar-refractivity contribution in [2.75, 3.05) is 6.54 Å². The number of halogens is 1. The van der Waals surface area contributed by atoms with Gasteiger partial charge in [0, 0.05) is 45.9 Å². The number of ketones is 1. The molecular weight excluding hydrogens is 470 g/mol. The molecule has 5 nitrogen and oxygen atoms in total. The van der Waals surface area contributed by atoms with Crippen molar-refractivity contribution in [1.82, 2.24) is 9.47 Å². The minimum atomic E-state index is -0.633. The second-order valence-electron chi connectivity index (χ2n) is 10.9. The van der Waals surface area contributed by atoms with Gasteiger partial charge in [0.15, 0.2) is 5.78 Å². The SMILES string of the molecule is Cc1c(C(=O)CN2C3CCC2CC(O)(C(C)C)C3)c2ccc(CCC#N)cc2n1-c1ccc(Cl)cc1. The van der Waals surface area contributed by atoms with Gasteiger partial charge in [-0.1, -0.05) is 37.6 Å². The van der Waals surface area contributed by atoms with E-state index in [0.29, 0.717) is 24.4 Å². The third-order valence-electron chi connectivity index (χ3n) is 8.51. The fourth-order valence-corrected chi connectivity index (χ4v) is 6.54. The maximum atomic E-state index is 13.9. The Labute approximate surface area is 218 Å². The molecule has 2 bridgehead atoms. The first-order chi connectivity index (χ1) is 17.2. The van der Waals surface area contributed by atoms with Crippen LogP contribution in [0.2, 0.25) is 5.02 Å². The van der Waals surface area contributed by atoms with E-state index in [1.54, 1.807) is 0 Å². The minimum Gasteiger partial charge on any atom is -0.390 e. The Balaban J connectivity index is 1.52. The second kappa shape index (κ2) is 9.67. The number of fused-ring (bicyclic) bond motifs is 3. The molecule has 1 N–H and O–H groups in total. The highest BCUT2D eigenvalue weighted by atomic mass is 35.5. The number of hydrogen-bond donors (Lipinski definition) is 1. The molecule has 0 amide bonds. The molecule has 3 aromatic rings. The lowest BCUT2D eigenvalue weighted by Gasteiger charge is -2.45. The molecule has 3 heterocycles. The summed E-state index contributed by atoms with van der Waals surface area (Å²) in [5.74, 6) is 0.343. The van der Waals surface area contributed by atoms with Gasteiger partial charge < -0.3 is 9.67 Å². The summed E-state index contributed by atoms with van der Waals surface area (Å²) in [5.41, 5.74) is 4.06. The number of aromatic nitrogens is 1. The molecular formula is C30H34ClN3O2. The van der Waals surface area contributed by atoms with E-state index >= 15 is 0 Å². The van der Waals surface area contributed by atoms with Crippen molar-refractivity contribution in [2.45, 2.75) is 77.0 Å². The number of piperidine rings is 1. The number of aliphatic hydroxyl groups is 1. The van der Waals surface area contributed by atoms with Gasteiger partial charge in [-0.2, -0.15) is 5.26 Å². The number of carbonyl (C=O) groups excluding carboxylic acids is 1. The highest BCUT2D eigenvalue weighted by Crippen LogP contribution is 2.44. The maximum absolute atomic E-state index is 13.9. The number of aryl methyl sites for hydroxylation is 1. The molecule has 5 rings (SSSR count). The molecule has 2 saturated heterocycles. The van der Waals surface area contributed by atoms with Crippen molar-refractivity contribution in [2.24, 2.45) is 5.92 Å². The summed E-state index contributed by atoms with van der Waals surface area (Å²) in [4.78, 5) is 16.3. The summed E-state index contributed by atoms with van der Waals surface area (Å²) in [5, 5.41) is 21.8. The second-order valence-corrected chi connectivity index (χ2v) is 11.4. The van der Waals surface area contributed by atoms with E-state index in [4.69, 9.17) is 16.9 Å². The van der Waals surface area contributed by atoms with Crippen LogP contribution >= 0.6 is 11.6 Å². The van der Waals surface area contributed by atoms with Gasteiger partial charge in [0.2, 0.25) is 0 Å². The first-order valence-corrected chi connectivity index (χ1v) is 13.4. The van der Waals surface area contributed by atoms with Crippen molar-refractivity contribution in [1.29, 1.82) is 5.26 Å². The number of carbonyl (C=O) groups is 1. The molecule has 188 valence electrons. The van der Waals surface area contributed by atoms with Crippen molar-refractivity contribution in [3.63, 3.8) is 0 Å². The quantitative estimate of drug-likeness (QED) is 0.387. The van der Waals surface area contributed by atoms with Gasteiger partial charge in [-0.15, -0.1) is 0 Å². The van der Waals surface area contributed by atoms with Crippen LogP contribution in [0, 0.1) is 24.2 Å². The lowest BCUT2D eigenvalue weighted by atomic mass is 9.78. The molecule has 0 radical (unpaired) electrons. The molecule has 0 spiro atoms.